The van der Waals surface area contributed by atoms with Crippen molar-refractivity contribution in [2.75, 3.05) is 13.1 Å². The van der Waals surface area contributed by atoms with E-state index in [1.165, 1.54) is 12.2 Å². The van der Waals surface area contributed by atoms with Crippen molar-refractivity contribution in [1.82, 2.24) is 30.5 Å². The Labute approximate surface area is 201 Å². The highest BCUT2D eigenvalue weighted by Crippen LogP contribution is 2.11. The summed E-state index contributed by atoms with van der Waals surface area (Å²) in [6.45, 7) is 9.25. The van der Waals surface area contributed by atoms with Gasteiger partial charge in [0.25, 0.3) is 11.8 Å². The van der Waals surface area contributed by atoms with E-state index in [2.05, 4.69) is 41.7 Å². The van der Waals surface area contributed by atoms with E-state index in [1.807, 2.05) is 13.1 Å². The topological polar surface area (TPSA) is 126 Å². The van der Waals surface area contributed by atoms with Gasteiger partial charge in [0, 0.05) is 56.4 Å². The Hall–Kier alpha value is -2.88. The number of hydrogen-bond donors (Lipinski definition) is 2. The van der Waals surface area contributed by atoms with Crippen molar-refractivity contribution in [3.05, 3.63) is 24.0 Å². The third-order valence-corrected chi connectivity index (χ3v) is 5.46. The van der Waals surface area contributed by atoms with E-state index in [0.717, 1.165) is 36.4 Å². The number of imide groups is 1. The first kappa shape index (κ1) is 27.4. The summed E-state index contributed by atoms with van der Waals surface area (Å²) in [6, 6.07) is -0.115. The molecule has 2 heterocycles. The summed E-state index contributed by atoms with van der Waals surface area (Å²) < 4.78 is 1.81. The average molecular weight is 475 g/mol. The molecule has 1 aliphatic heterocycles. The van der Waals surface area contributed by atoms with E-state index in [1.54, 1.807) is 4.68 Å². The van der Waals surface area contributed by atoms with Crippen LogP contribution in [0.4, 0.5) is 0 Å². The van der Waals surface area contributed by atoms with E-state index in [4.69, 9.17) is 0 Å². The standard InChI is InChI=1S/C24H38N6O4/c1-5-20(31)19(26-24(2,3)4)10-6-7-15-29-17-18(27-28-29)9-8-11-21(32)25-14-16-30-22(33)12-13-23(30)34/h12-13,17,19,26H,5-11,14-16H2,1-4H3,(H,25,32). The Morgan fingerprint density at radius 3 is 2.41 bits per heavy atom. The van der Waals surface area contributed by atoms with Crippen molar-refractivity contribution in [3.63, 3.8) is 0 Å². The van der Waals surface area contributed by atoms with Gasteiger partial charge in [-0.1, -0.05) is 12.1 Å². The van der Waals surface area contributed by atoms with Gasteiger partial charge in [0.1, 0.15) is 5.78 Å². The molecule has 1 atom stereocenters. The van der Waals surface area contributed by atoms with Crippen LogP contribution in [0.25, 0.3) is 0 Å². The fourth-order valence-electron chi connectivity index (χ4n) is 3.74. The lowest BCUT2D eigenvalue weighted by Gasteiger charge is -2.27. The largest absolute Gasteiger partial charge is 0.354 e. The van der Waals surface area contributed by atoms with Crippen LogP contribution in [0.2, 0.25) is 0 Å². The third kappa shape index (κ3) is 9.54. The predicted molar refractivity (Wildman–Crippen MR) is 128 cm³/mol. The minimum atomic E-state index is -0.349. The molecule has 188 valence electrons. The van der Waals surface area contributed by atoms with Gasteiger partial charge in [0.05, 0.1) is 11.7 Å². The first-order valence-corrected chi connectivity index (χ1v) is 12.1. The van der Waals surface area contributed by atoms with E-state index >= 15 is 0 Å². The second-order valence-corrected chi connectivity index (χ2v) is 9.60. The second-order valence-electron chi connectivity index (χ2n) is 9.60. The number of Topliss-reactive ketones (excluding diaryl/α,β-unsaturated/α-hetero) is 1. The number of aromatic nitrogens is 3. The van der Waals surface area contributed by atoms with Gasteiger partial charge < -0.3 is 10.6 Å². The number of carbonyl (C=O) groups excluding carboxylic acids is 4. The number of unbranched alkanes of at least 4 members (excludes halogenated alkanes) is 1. The van der Waals surface area contributed by atoms with Crippen LogP contribution in [0.1, 0.15) is 71.9 Å². The molecular formula is C24H38N6O4. The minimum Gasteiger partial charge on any atom is -0.354 e. The van der Waals surface area contributed by atoms with Gasteiger partial charge in [0.2, 0.25) is 5.91 Å². The highest BCUT2D eigenvalue weighted by molar-refractivity contribution is 6.12. The zero-order valence-electron chi connectivity index (χ0n) is 20.8. The van der Waals surface area contributed by atoms with Crippen LogP contribution in [0, 0.1) is 0 Å². The fourth-order valence-corrected chi connectivity index (χ4v) is 3.74. The van der Waals surface area contributed by atoms with E-state index in [-0.39, 0.29) is 48.2 Å². The van der Waals surface area contributed by atoms with Gasteiger partial charge in [-0.2, -0.15) is 0 Å². The number of nitrogens with one attached hydrogen (secondary N) is 2. The van der Waals surface area contributed by atoms with Crippen LogP contribution in [-0.2, 0) is 32.1 Å². The van der Waals surface area contributed by atoms with Crippen molar-refractivity contribution >= 4 is 23.5 Å². The summed E-state index contributed by atoms with van der Waals surface area (Å²) in [7, 11) is 0. The van der Waals surface area contributed by atoms with Gasteiger partial charge in [-0.05, 0) is 52.9 Å². The number of nitrogens with zero attached hydrogens (tertiary/aromatic N) is 4. The number of ketones is 1. The Balaban J connectivity index is 1.61. The molecule has 0 spiro atoms. The molecule has 3 amide bonds. The Kier molecular flexibility index (Phi) is 10.6. The highest BCUT2D eigenvalue weighted by atomic mass is 16.2. The van der Waals surface area contributed by atoms with Gasteiger partial charge in [-0.25, -0.2) is 0 Å². The van der Waals surface area contributed by atoms with Gasteiger partial charge in [0.15, 0.2) is 0 Å². The lowest BCUT2D eigenvalue weighted by Crippen LogP contribution is -2.47. The molecule has 0 radical (unpaired) electrons. The SMILES string of the molecule is CCC(=O)C(CCCCn1cc(CCCC(=O)NCCN2C(=O)C=CC2=O)nn1)NC(C)(C)C. The molecule has 1 aromatic rings. The highest BCUT2D eigenvalue weighted by Gasteiger charge is 2.23. The minimum absolute atomic E-state index is 0.101. The number of rotatable bonds is 15. The molecule has 0 aromatic carbocycles. The molecule has 0 bridgehead atoms. The zero-order chi connectivity index (χ0) is 25.1. The monoisotopic (exact) mass is 474 g/mol. The molecule has 10 heteroatoms. The average Bonchev–Trinajstić information content (AvgIpc) is 3.35. The summed E-state index contributed by atoms with van der Waals surface area (Å²) in [5.41, 5.74) is 0.733. The molecule has 34 heavy (non-hydrogen) atoms. The normalized spacial score (nSPS) is 14.6. The van der Waals surface area contributed by atoms with Crippen LogP contribution in [0.15, 0.2) is 18.3 Å². The molecule has 2 N–H and O–H groups in total. The summed E-state index contributed by atoms with van der Waals surface area (Å²) in [4.78, 5) is 48.2. The quantitative estimate of drug-likeness (QED) is 0.292. The maximum atomic E-state index is 12.2. The lowest BCUT2D eigenvalue weighted by molar-refractivity contribution is -0.137. The van der Waals surface area contributed by atoms with E-state index < -0.39 is 0 Å². The number of carbonyl (C=O) groups is 4. The molecule has 1 aromatic heterocycles. The Bertz CT molecular complexity index is 868. The molecule has 0 aliphatic carbocycles. The van der Waals surface area contributed by atoms with Crippen LogP contribution in [0.3, 0.4) is 0 Å². The fraction of sp³-hybridized carbons (Fsp3) is 0.667. The Morgan fingerprint density at radius 2 is 1.76 bits per heavy atom. The number of hydrogen-bond acceptors (Lipinski definition) is 7. The molecule has 0 saturated heterocycles. The maximum Gasteiger partial charge on any atom is 0.253 e. The molecular weight excluding hydrogens is 436 g/mol. The summed E-state index contributed by atoms with van der Waals surface area (Å²) in [5, 5.41) is 14.5. The number of aryl methyl sites for hydroxylation is 2. The summed E-state index contributed by atoms with van der Waals surface area (Å²) in [5.74, 6) is -0.576. The van der Waals surface area contributed by atoms with Gasteiger partial charge >= 0.3 is 0 Å². The van der Waals surface area contributed by atoms with Crippen LogP contribution >= 0.6 is 0 Å². The van der Waals surface area contributed by atoms with Crippen molar-refractivity contribution in [1.29, 1.82) is 0 Å². The van der Waals surface area contributed by atoms with Crippen molar-refractivity contribution in [2.24, 2.45) is 0 Å². The molecule has 2 rings (SSSR count). The molecule has 1 aliphatic rings. The van der Waals surface area contributed by atoms with Crippen molar-refractivity contribution in [3.8, 4) is 0 Å². The zero-order valence-corrected chi connectivity index (χ0v) is 20.8. The first-order chi connectivity index (χ1) is 16.1. The van der Waals surface area contributed by atoms with Crippen LogP contribution in [0.5, 0.6) is 0 Å². The first-order valence-electron chi connectivity index (χ1n) is 12.1. The van der Waals surface area contributed by atoms with E-state index in [0.29, 0.717) is 25.7 Å². The lowest BCUT2D eigenvalue weighted by atomic mass is 9.99. The second kappa shape index (κ2) is 13.1. The number of amides is 3. The Morgan fingerprint density at radius 1 is 1.06 bits per heavy atom. The maximum absolute atomic E-state index is 12.2. The molecule has 10 nitrogen and oxygen atoms in total. The molecule has 1 unspecified atom stereocenters. The van der Waals surface area contributed by atoms with Crippen LogP contribution < -0.4 is 10.6 Å². The van der Waals surface area contributed by atoms with Crippen molar-refractivity contribution in [2.45, 2.75) is 90.8 Å². The molecule has 0 saturated carbocycles. The summed E-state index contributed by atoms with van der Waals surface area (Å²) in [6.07, 6.45) is 9.12. The van der Waals surface area contributed by atoms with E-state index in [9.17, 15) is 19.2 Å². The smallest absolute Gasteiger partial charge is 0.253 e. The predicted octanol–water partition coefficient (Wildman–Crippen LogP) is 1.55. The summed E-state index contributed by atoms with van der Waals surface area (Å²) >= 11 is 0. The van der Waals surface area contributed by atoms with Crippen LogP contribution in [-0.4, -0.2) is 68.1 Å². The van der Waals surface area contributed by atoms with Gasteiger partial charge in [-0.15, -0.1) is 5.10 Å². The molecule has 0 fully saturated rings. The third-order valence-electron chi connectivity index (χ3n) is 5.46. The van der Waals surface area contributed by atoms with Gasteiger partial charge in [-0.3, -0.25) is 28.8 Å². The van der Waals surface area contributed by atoms with Crippen molar-refractivity contribution < 1.29 is 19.2 Å².